The van der Waals surface area contributed by atoms with Gasteiger partial charge in [-0.1, -0.05) is 5.16 Å². The Balaban J connectivity index is 0.000000321. The Morgan fingerprint density at radius 3 is 2.52 bits per heavy atom. The van der Waals surface area contributed by atoms with Crippen LogP contribution in [0.3, 0.4) is 0 Å². The predicted molar refractivity (Wildman–Crippen MR) is 85.8 cm³/mol. The molecule has 2 heterocycles. The number of anilines is 1. The Hall–Kier alpha value is -2.82. The van der Waals surface area contributed by atoms with E-state index in [1.165, 1.54) is 12.1 Å². The zero-order valence-corrected chi connectivity index (χ0v) is 13.9. The summed E-state index contributed by atoms with van der Waals surface area (Å²) in [5.74, 6) is -2.58. The molecule has 27 heavy (non-hydrogen) atoms. The Bertz CT molecular complexity index is 730. The van der Waals surface area contributed by atoms with Gasteiger partial charge in [-0.3, -0.25) is 0 Å². The van der Waals surface area contributed by atoms with Crippen LogP contribution >= 0.6 is 0 Å². The third-order valence-corrected chi connectivity index (χ3v) is 3.45. The van der Waals surface area contributed by atoms with E-state index in [9.17, 15) is 17.6 Å². The van der Waals surface area contributed by atoms with E-state index in [2.05, 4.69) is 15.8 Å². The molecule has 7 nitrogen and oxygen atoms in total. The van der Waals surface area contributed by atoms with E-state index in [-0.39, 0.29) is 5.82 Å². The van der Waals surface area contributed by atoms with Crippen molar-refractivity contribution in [3.63, 3.8) is 0 Å². The van der Waals surface area contributed by atoms with Crippen molar-refractivity contribution in [3.8, 4) is 5.95 Å². The van der Waals surface area contributed by atoms with Crippen molar-refractivity contribution in [3.05, 3.63) is 41.8 Å². The number of hydrogen-bond acceptors (Lipinski definition) is 6. The van der Waals surface area contributed by atoms with Crippen LogP contribution in [-0.4, -0.2) is 41.6 Å². The van der Waals surface area contributed by atoms with Crippen LogP contribution in [0.25, 0.3) is 0 Å². The topological polar surface area (TPSA) is 96.6 Å². The summed E-state index contributed by atoms with van der Waals surface area (Å²) in [5.41, 5.74) is 1.57. The SMILES string of the molecule is Fc1ccc(NCc2cc(OC[C@@H]3CCN3)on2)cc1.O=C(O)C(F)(F)F. The molecule has 1 aromatic heterocycles. The summed E-state index contributed by atoms with van der Waals surface area (Å²) < 4.78 is 55.1. The Kier molecular flexibility index (Phi) is 6.99. The minimum atomic E-state index is -5.08. The lowest BCUT2D eigenvalue weighted by Gasteiger charge is -2.26. The molecule has 0 aliphatic carbocycles. The molecule has 0 unspecified atom stereocenters. The summed E-state index contributed by atoms with van der Waals surface area (Å²) in [4.78, 5) is 8.90. The number of benzene rings is 1. The average Bonchev–Trinajstić information content (AvgIpc) is 3.00. The van der Waals surface area contributed by atoms with Crippen molar-refractivity contribution in [2.24, 2.45) is 0 Å². The van der Waals surface area contributed by atoms with Crippen LogP contribution < -0.4 is 15.4 Å². The van der Waals surface area contributed by atoms with Crippen LogP contribution in [0.5, 0.6) is 5.95 Å². The fourth-order valence-corrected chi connectivity index (χ4v) is 1.88. The second-order valence-electron chi connectivity index (χ2n) is 5.55. The number of aliphatic carboxylic acids is 1. The quantitative estimate of drug-likeness (QED) is 0.652. The summed E-state index contributed by atoms with van der Waals surface area (Å²) in [6, 6.07) is 8.34. The molecule has 1 atom stereocenters. The fourth-order valence-electron chi connectivity index (χ4n) is 1.88. The number of halogens is 4. The number of nitrogens with one attached hydrogen (secondary N) is 2. The van der Waals surface area contributed by atoms with E-state index in [0.717, 1.165) is 24.3 Å². The molecule has 0 spiro atoms. The zero-order chi connectivity index (χ0) is 19.9. The number of carbonyl (C=O) groups is 1. The van der Waals surface area contributed by atoms with Crippen molar-refractivity contribution in [2.75, 3.05) is 18.5 Å². The maximum absolute atomic E-state index is 12.8. The van der Waals surface area contributed by atoms with Gasteiger partial charge in [0.05, 0.1) is 6.54 Å². The minimum absolute atomic E-state index is 0.253. The highest BCUT2D eigenvalue weighted by Gasteiger charge is 2.38. The number of ether oxygens (including phenoxy) is 1. The Labute approximate surface area is 151 Å². The average molecular weight is 391 g/mol. The van der Waals surface area contributed by atoms with Gasteiger partial charge in [0.1, 0.15) is 18.1 Å². The zero-order valence-electron chi connectivity index (χ0n) is 13.9. The van der Waals surface area contributed by atoms with Gasteiger partial charge in [-0.2, -0.15) is 13.2 Å². The van der Waals surface area contributed by atoms with Crippen LogP contribution in [0.4, 0.5) is 23.2 Å². The van der Waals surface area contributed by atoms with Crippen LogP contribution in [-0.2, 0) is 11.3 Å². The van der Waals surface area contributed by atoms with Crippen molar-refractivity contribution in [1.29, 1.82) is 0 Å². The monoisotopic (exact) mass is 391 g/mol. The molecule has 1 fully saturated rings. The van der Waals surface area contributed by atoms with E-state index in [4.69, 9.17) is 19.2 Å². The van der Waals surface area contributed by atoms with Gasteiger partial charge in [0.25, 0.3) is 0 Å². The van der Waals surface area contributed by atoms with E-state index >= 15 is 0 Å². The van der Waals surface area contributed by atoms with Gasteiger partial charge in [0, 0.05) is 17.8 Å². The Morgan fingerprint density at radius 2 is 2.00 bits per heavy atom. The molecule has 3 N–H and O–H groups in total. The number of rotatable bonds is 6. The van der Waals surface area contributed by atoms with Gasteiger partial charge in [0.15, 0.2) is 0 Å². The van der Waals surface area contributed by atoms with E-state index < -0.39 is 12.1 Å². The third-order valence-electron chi connectivity index (χ3n) is 3.45. The maximum atomic E-state index is 12.8. The molecular formula is C16H17F4N3O4. The summed E-state index contributed by atoms with van der Waals surface area (Å²) in [6.45, 7) is 2.15. The fraction of sp³-hybridized carbons (Fsp3) is 0.375. The predicted octanol–water partition coefficient (Wildman–Crippen LogP) is 2.80. The molecule has 1 aliphatic heterocycles. The minimum Gasteiger partial charge on any atom is -0.475 e. The van der Waals surface area contributed by atoms with E-state index in [1.54, 1.807) is 18.2 Å². The number of carboxylic acids is 1. The smallest absolute Gasteiger partial charge is 0.475 e. The normalized spacial score (nSPS) is 15.9. The van der Waals surface area contributed by atoms with Gasteiger partial charge < -0.3 is 25.0 Å². The highest BCUT2D eigenvalue weighted by molar-refractivity contribution is 5.73. The number of carboxylic acid groups (broad SMARTS) is 1. The van der Waals surface area contributed by atoms with Gasteiger partial charge in [-0.25, -0.2) is 9.18 Å². The van der Waals surface area contributed by atoms with Crippen molar-refractivity contribution < 1.29 is 36.7 Å². The summed E-state index contributed by atoms with van der Waals surface area (Å²) in [6.07, 6.45) is -3.95. The van der Waals surface area contributed by atoms with Crippen molar-refractivity contribution in [2.45, 2.75) is 25.2 Å². The molecule has 1 aliphatic rings. The highest BCUT2D eigenvalue weighted by Crippen LogP contribution is 2.16. The number of hydrogen-bond donors (Lipinski definition) is 3. The second kappa shape index (κ2) is 9.21. The van der Waals surface area contributed by atoms with Crippen LogP contribution in [0.1, 0.15) is 12.1 Å². The van der Waals surface area contributed by atoms with E-state index in [1.807, 2.05) is 0 Å². The van der Waals surface area contributed by atoms with Crippen molar-refractivity contribution >= 4 is 11.7 Å². The highest BCUT2D eigenvalue weighted by atomic mass is 19.4. The lowest BCUT2D eigenvalue weighted by molar-refractivity contribution is -0.192. The molecular weight excluding hydrogens is 374 g/mol. The molecule has 3 rings (SSSR count). The third kappa shape index (κ3) is 7.13. The largest absolute Gasteiger partial charge is 0.490 e. The maximum Gasteiger partial charge on any atom is 0.490 e. The van der Waals surface area contributed by atoms with Crippen LogP contribution in [0.15, 0.2) is 34.9 Å². The molecule has 0 radical (unpaired) electrons. The van der Waals surface area contributed by atoms with Crippen LogP contribution in [0.2, 0.25) is 0 Å². The summed E-state index contributed by atoms with van der Waals surface area (Å²) >= 11 is 0. The summed E-state index contributed by atoms with van der Waals surface area (Å²) in [5, 5.41) is 17.4. The van der Waals surface area contributed by atoms with Gasteiger partial charge >= 0.3 is 18.1 Å². The number of alkyl halides is 3. The lowest BCUT2D eigenvalue weighted by atomic mass is 10.1. The lowest BCUT2D eigenvalue weighted by Crippen LogP contribution is -2.46. The van der Waals surface area contributed by atoms with Gasteiger partial charge in [0.2, 0.25) is 0 Å². The number of aromatic nitrogens is 1. The first-order valence-electron chi connectivity index (χ1n) is 7.85. The Morgan fingerprint density at radius 1 is 1.37 bits per heavy atom. The molecule has 2 aromatic rings. The first-order chi connectivity index (χ1) is 12.7. The van der Waals surface area contributed by atoms with E-state index in [0.29, 0.717) is 25.1 Å². The van der Waals surface area contributed by atoms with Crippen LogP contribution in [0, 0.1) is 5.82 Å². The molecule has 0 amide bonds. The van der Waals surface area contributed by atoms with Gasteiger partial charge in [-0.05, 0) is 37.2 Å². The summed E-state index contributed by atoms with van der Waals surface area (Å²) in [7, 11) is 0. The second-order valence-corrected chi connectivity index (χ2v) is 5.55. The first kappa shape index (κ1) is 20.5. The molecule has 1 aromatic carbocycles. The number of nitrogens with zero attached hydrogens (tertiary/aromatic N) is 1. The van der Waals surface area contributed by atoms with Gasteiger partial charge in [-0.15, -0.1) is 0 Å². The van der Waals surface area contributed by atoms with Crippen molar-refractivity contribution in [1.82, 2.24) is 10.5 Å². The molecule has 0 bridgehead atoms. The standard InChI is InChI=1S/C14H16FN3O2.C2HF3O2/c15-10-1-3-11(4-2-10)17-8-13-7-14(20-18-13)19-9-12-5-6-16-12;3-2(4,5)1(6)7/h1-4,7,12,16-17H,5-6,8-9H2;(H,6,7)/t12-;/m0./s1. The molecule has 1 saturated heterocycles. The first-order valence-corrected chi connectivity index (χ1v) is 7.85. The molecule has 0 saturated carbocycles. The molecule has 11 heteroatoms. The molecule has 148 valence electrons.